The summed E-state index contributed by atoms with van der Waals surface area (Å²) in [7, 11) is 0. The standard InChI is InChI=1S/C16H16F3N3O2/c1-10(2)24-14(23)4-5-22-9-20-15(21-22)12-6-11(3)7-13(8-12)16(17,18)19/h4-10H,1-3H3/b5-4-. The summed E-state index contributed by atoms with van der Waals surface area (Å²) in [4.78, 5) is 15.4. The van der Waals surface area contributed by atoms with Crippen molar-refractivity contribution >= 4 is 12.2 Å². The van der Waals surface area contributed by atoms with Crippen LogP contribution in [0.4, 0.5) is 13.2 Å². The zero-order valence-corrected chi connectivity index (χ0v) is 13.3. The SMILES string of the molecule is Cc1cc(-c2ncn(/C=C\C(=O)OC(C)C)n2)cc(C(F)(F)F)c1. The van der Waals surface area contributed by atoms with Crippen molar-refractivity contribution < 1.29 is 22.7 Å². The zero-order chi connectivity index (χ0) is 17.9. The molecule has 0 fully saturated rings. The Morgan fingerprint density at radius 2 is 2.00 bits per heavy atom. The van der Waals surface area contributed by atoms with Gasteiger partial charge in [-0.05, 0) is 44.5 Å². The summed E-state index contributed by atoms with van der Waals surface area (Å²) in [5, 5.41) is 4.04. The van der Waals surface area contributed by atoms with Crippen molar-refractivity contribution in [2.24, 2.45) is 0 Å². The third-order valence-electron chi connectivity index (χ3n) is 2.89. The highest BCUT2D eigenvalue weighted by molar-refractivity contribution is 5.85. The number of halogens is 3. The summed E-state index contributed by atoms with van der Waals surface area (Å²) in [6.45, 7) is 5.00. The lowest BCUT2D eigenvalue weighted by Gasteiger charge is -2.09. The number of alkyl halides is 3. The molecule has 0 aliphatic rings. The highest BCUT2D eigenvalue weighted by atomic mass is 19.4. The van der Waals surface area contributed by atoms with Gasteiger partial charge in [0.05, 0.1) is 11.7 Å². The van der Waals surface area contributed by atoms with Crippen LogP contribution in [0.2, 0.25) is 0 Å². The molecular formula is C16H16F3N3O2. The number of aromatic nitrogens is 3. The Balaban J connectivity index is 2.23. The van der Waals surface area contributed by atoms with Gasteiger partial charge in [0.15, 0.2) is 5.82 Å². The minimum absolute atomic E-state index is 0.131. The van der Waals surface area contributed by atoms with Gasteiger partial charge in [-0.3, -0.25) is 0 Å². The second kappa shape index (κ2) is 6.86. The van der Waals surface area contributed by atoms with Gasteiger partial charge in [0.25, 0.3) is 0 Å². The van der Waals surface area contributed by atoms with Gasteiger partial charge in [-0.2, -0.15) is 13.2 Å². The number of esters is 1. The maximum absolute atomic E-state index is 12.9. The first-order valence-corrected chi connectivity index (χ1v) is 7.14. The van der Waals surface area contributed by atoms with E-state index in [4.69, 9.17) is 4.74 Å². The number of carbonyl (C=O) groups is 1. The third-order valence-corrected chi connectivity index (χ3v) is 2.89. The van der Waals surface area contributed by atoms with E-state index in [2.05, 4.69) is 10.1 Å². The third kappa shape index (κ3) is 4.68. The van der Waals surface area contributed by atoms with Gasteiger partial charge in [0, 0.05) is 17.8 Å². The average Bonchev–Trinajstić information content (AvgIpc) is 2.91. The Morgan fingerprint density at radius 3 is 2.62 bits per heavy atom. The van der Waals surface area contributed by atoms with Crippen LogP contribution in [0.3, 0.4) is 0 Å². The van der Waals surface area contributed by atoms with E-state index in [0.29, 0.717) is 5.56 Å². The van der Waals surface area contributed by atoms with Gasteiger partial charge in [0.2, 0.25) is 0 Å². The number of nitrogens with zero attached hydrogens (tertiary/aromatic N) is 3. The van der Waals surface area contributed by atoms with Crippen LogP contribution in [0.15, 0.2) is 30.6 Å². The molecule has 128 valence electrons. The summed E-state index contributed by atoms with van der Waals surface area (Å²) in [6, 6.07) is 3.61. The van der Waals surface area contributed by atoms with Gasteiger partial charge in [-0.1, -0.05) is 0 Å². The van der Waals surface area contributed by atoms with Crippen LogP contribution < -0.4 is 0 Å². The molecule has 0 unspecified atom stereocenters. The highest BCUT2D eigenvalue weighted by Gasteiger charge is 2.31. The summed E-state index contributed by atoms with van der Waals surface area (Å²) < 4.78 is 44.8. The van der Waals surface area contributed by atoms with E-state index in [1.165, 1.54) is 17.2 Å². The van der Waals surface area contributed by atoms with E-state index in [-0.39, 0.29) is 17.5 Å². The largest absolute Gasteiger partial charge is 0.460 e. The second-order valence-corrected chi connectivity index (χ2v) is 5.44. The lowest BCUT2D eigenvalue weighted by atomic mass is 10.1. The number of hydrogen-bond acceptors (Lipinski definition) is 4. The van der Waals surface area contributed by atoms with Gasteiger partial charge in [-0.25, -0.2) is 14.5 Å². The second-order valence-electron chi connectivity index (χ2n) is 5.44. The first-order valence-electron chi connectivity index (χ1n) is 7.14. The molecule has 0 amide bonds. The number of carbonyl (C=O) groups excluding carboxylic acids is 1. The van der Waals surface area contributed by atoms with Crippen molar-refractivity contribution in [3.05, 3.63) is 41.7 Å². The molecule has 0 bridgehead atoms. The molecule has 0 saturated carbocycles. The fourth-order valence-electron chi connectivity index (χ4n) is 1.96. The molecule has 0 spiro atoms. The lowest BCUT2D eigenvalue weighted by molar-refractivity contribution is -0.141. The van der Waals surface area contributed by atoms with Crippen molar-refractivity contribution in [2.75, 3.05) is 0 Å². The predicted octanol–water partition coefficient (Wildman–Crippen LogP) is 3.69. The van der Waals surface area contributed by atoms with Crippen LogP contribution in [0, 0.1) is 6.92 Å². The monoisotopic (exact) mass is 339 g/mol. The summed E-state index contributed by atoms with van der Waals surface area (Å²) in [5.41, 5.74) is -0.0589. The molecule has 2 rings (SSSR count). The Morgan fingerprint density at radius 1 is 1.29 bits per heavy atom. The number of rotatable bonds is 4. The Bertz CT molecular complexity index is 764. The van der Waals surface area contributed by atoms with Crippen molar-refractivity contribution in [3.63, 3.8) is 0 Å². The Labute approximate surface area is 136 Å². The highest BCUT2D eigenvalue weighted by Crippen LogP contribution is 2.32. The number of aryl methyl sites for hydroxylation is 1. The minimum Gasteiger partial charge on any atom is -0.460 e. The first kappa shape index (κ1) is 17.7. The molecule has 24 heavy (non-hydrogen) atoms. The van der Waals surface area contributed by atoms with Crippen molar-refractivity contribution in [3.8, 4) is 11.4 Å². The van der Waals surface area contributed by atoms with Crippen molar-refractivity contribution in [2.45, 2.75) is 33.1 Å². The molecule has 0 atom stereocenters. The van der Waals surface area contributed by atoms with Crippen LogP contribution in [0.5, 0.6) is 0 Å². The maximum atomic E-state index is 12.9. The van der Waals surface area contributed by atoms with E-state index in [1.54, 1.807) is 26.8 Å². The average molecular weight is 339 g/mol. The van der Waals surface area contributed by atoms with Crippen molar-refractivity contribution in [1.82, 2.24) is 14.8 Å². The van der Waals surface area contributed by atoms with E-state index < -0.39 is 17.7 Å². The smallest absolute Gasteiger partial charge is 0.416 e. The molecule has 5 nitrogen and oxygen atoms in total. The topological polar surface area (TPSA) is 57.0 Å². The Hall–Kier alpha value is -2.64. The summed E-state index contributed by atoms with van der Waals surface area (Å²) >= 11 is 0. The quantitative estimate of drug-likeness (QED) is 0.630. The van der Waals surface area contributed by atoms with E-state index >= 15 is 0 Å². The predicted molar refractivity (Wildman–Crippen MR) is 81.8 cm³/mol. The van der Waals surface area contributed by atoms with Gasteiger partial charge < -0.3 is 4.74 Å². The molecule has 8 heteroatoms. The minimum atomic E-state index is -4.44. The maximum Gasteiger partial charge on any atom is 0.416 e. The van der Waals surface area contributed by atoms with Crippen LogP contribution in [-0.2, 0) is 15.7 Å². The molecule has 2 aromatic rings. The van der Waals surface area contributed by atoms with Gasteiger partial charge in [0.1, 0.15) is 6.33 Å². The fourth-order valence-corrected chi connectivity index (χ4v) is 1.96. The molecule has 1 heterocycles. The molecule has 0 saturated heterocycles. The first-order chi connectivity index (χ1) is 11.1. The molecule has 0 N–H and O–H groups in total. The molecule has 1 aromatic carbocycles. The molecule has 1 aromatic heterocycles. The van der Waals surface area contributed by atoms with E-state index in [0.717, 1.165) is 18.2 Å². The molecular weight excluding hydrogens is 323 g/mol. The number of ether oxygens (including phenoxy) is 1. The fraction of sp³-hybridized carbons (Fsp3) is 0.312. The molecule has 0 radical (unpaired) electrons. The normalized spacial score (nSPS) is 12.1. The van der Waals surface area contributed by atoms with Crippen molar-refractivity contribution in [1.29, 1.82) is 0 Å². The molecule has 0 aliphatic carbocycles. The zero-order valence-electron chi connectivity index (χ0n) is 13.3. The van der Waals surface area contributed by atoms with Crippen LogP contribution in [-0.4, -0.2) is 26.8 Å². The van der Waals surface area contributed by atoms with Gasteiger partial charge >= 0.3 is 12.1 Å². The van der Waals surface area contributed by atoms with Crippen LogP contribution >= 0.6 is 0 Å². The number of benzene rings is 1. The lowest BCUT2D eigenvalue weighted by Crippen LogP contribution is -2.08. The van der Waals surface area contributed by atoms with E-state index in [9.17, 15) is 18.0 Å². The Kier molecular flexibility index (Phi) is 5.06. The van der Waals surface area contributed by atoms with E-state index in [1.807, 2.05) is 0 Å². The summed E-state index contributed by atoms with van der Waals surface area (Å²) in [5.74, 6) is -0.414. The van der Waals surface area contributed by atoms with Crippen LogP contribution in [0.1, 0.15) is 25.0 Å². The molecule has 0 aliphatic heterocycles. The summed E-state index contributed by atoms with van der Waals surface area (Å²) in [6.07, 6.45) is -0.910. The van der Waals surface area contributed by atoms with Gasteiger partial charge in [-0.15, -0.1) is 5.10 Å². The number of hydrogen-bond donors (Lipinski definition) is 0. The van der Waals surface area contributed by atoms with Crippen LogP contribution in [0.25, 0.3) is 17.6 Å².